The summed E-state index contributed by atoms with van der Waals surface area (Å²) in [5, 5.41) is 9.27. The maximum Gasteiger partial charge on any atom is 0.339 e. The van der Waals surface area contributed by atoms with Crippen molar-refractivity contribution in [3.63, 3.8) is 0 Å². The Kier molecular flexibility index (Phi) is 3.90. The van der Waals surface area contributed by atoms with Gasteiger partial charge in [-0.15, -0.1) is 0 Å². The van der Waals surface area contributed by atoms with Gasteiger partial charge in [0.2, 0.25) is 0 Å². The Hall–Kier alpha value is -2.23. The van der Waals surface area contributed by atoms with Gasteiger partial charge < -0.3 is 5.11 Å². The molecule has 0 saturated heterocycles. The summed E-state index contributed by atoms with van der Waals surface area (Å²) in [6.07, 6.45) is 3.51. The Bertz CT molecular complexity index is 592. The molecule has 0 aliphatic heterocycles. The Balaban J connectivity index is 2.47. The minimum atomic E-state index is -0.995. The van der Waals surface area contributed by atoms with E-state index in [-0.39, 0.29) is 5.56 Å². The molecule has 1 N–H and O–H groups in total. The molecule has 4 nitrogen and oxygen atoms in total. The van der Waals surface area contributed by atoms with Crippen LogP contribution < -0.4 is 0 Å². The van der Waals surface area contributed by atoms with Crippen LogP contribution >= 0.6 is 0 Å². The van der Waals surface area contributed by atoms with E-state index in [1.165, 1.54) is 11.9 Å². The summed E-state index contributed by atoms with van der Waals surface area (Å²) < 4.78 is 0. The Labute approximate surface area is 112 Å². The van der Waals surface area contributed by atoms with Crippen molar-refractivity contribution in [2.75, 3.05) is 0 Å². The number of aryl methyl sites for hydroxylation is 2. The van der Waals surface area contributed by atoms with E-state index < -0.39 is 5.97 Å². The van der Waals surface area contributed by atoms with Crippen molar-refractivity contribution in [3.8, 4) is 11.3 Å². The van der Waals surface area contributed by atoms with Crippen molar-refractivity contribution in [3.05, 3.63) is 47.4 Å². The van der Waals surface area contributed by atoms with Gasteiger partial charge in [-0.1, -0.05) is 37.6 Å². The summed E-state index contributed by atoms with van der Waals surface area (Å²) in [6, 6.07) is 7.86. The third-order valence-electron chi connectivity index (χ3n) is 3.02. The fraction of sp³-hybridized carbons (Fsp3) is 0.267. The molecule has 1 heterocycles. The van der Waals surface area contributed by atoms with Crippen LogP contribution in [0, 0.1) is 6.92 Å². The summed E-state index contributed by atoms with van der Waals surface area (Å²) in [7, 11) is 0. The predicted octanol–water partition coefficient (Wildman–Crippen LogP) is 3.10. The highest BCUT2D eigenvalue weighted by Crippen LogP contribution is 2.23. The summed E-state index contributed by atoms with van der Waals surface area (Å²) in [6.45, 7) is 3.81. The SMILES string of the molecule is CCCc1ccc(-c2ncnc(C)c2C(=O)O)cc1. The molecule has 98 valence electrons. The van der Waals surface area contributed by atoms with Crippen molar-refractivity contribution < 1.29 is 9.90 Å². The standard InChI is InChI=1S/C15H16N2O2/c1-3-4-11-5-7-12(8-6-11)14-13(15(18)19)10(2)16-9-17-14/h5-9H,3-4H2,1-2H3,(H,18,19). The molecule has 0 fully saturated rings. The zero-order valence-electron chi connectivity index (χ0n) is 11.1. The van der Waals surface area contributed by atoms with Crippen LogP contribution in [0.4, 0.5) is 0 Å². The van der Waals surface area contributed by atoms with Crippen LogP contribution in [0.5, 0.6) is 0 Å². The molecule has 0 radical (unpaired) electrons. The third kappa shape index (κ3) is 2.78. The fourth-order valence-electron chi connectivity index (χ4n) is 2.07. The number of aromatic carboxylic acids is 1. The highest BCUT2D eigenvalue weighted by molar-refractivity contribution is 5.95. The molecule has 0 spiro atoms. The van der Waals surface area contributed by atoms with Gasteiger partial charge in [-0.25, -0.2) is 14.8 Å². The summed E-state index contributed by atoms with van der Waals surface area (Å²) >= 11 is 0. The number of hydrogen-bond donors (Lipinski definition) is 1. The second kappa shape index (κ2) is 5.61. The fourth-order valence-corrected chi connectivity index (χ4v) is 2.07. The van der Waals surface area contributed by atoms with Crippen molar-refractivity contribution in [1.29, 1.82) is 0 Å². The summed E-state index contributed by atoms with van der Waals surface area (Å²) in [5.74, 6) is -0.995. The number of carboxylic acid groups (broad SMARTS) is 1. The maximum absolute atomic E-state index is 11.3. The average Bonchev–Trinajstić information content (AvgIpc) is 2.39. The van der Waals surface area contributed by atoms with E-state index in [1.807, 2.05) is 24.3 Å². The normalized spacial score (nSPS) is 10.4. The van der Waals surface area contributed by atoms with Gasteiger partial charge in [-0.3, -0.25) is 0 Å². The second-order valence-corrected chi connectivity index (χ2v) is 4.43. The van der Waals surface area contributed by atoms with E-state index in [0.29, 0.717) is 11.4 Å². The van der Waals surface area contributed by atoms with E-state index in [2.05, 4.69) is 16.9 Å². The lowest BCUT2D eigenvalue weighted by Crippen LogP contribution is -2.06. The average molecular weight is 256 g/mol. The van der Waals surface area contributed by atoms with Gasteiger partial charge >= 0.3 is 5.97 Å². The van der Waals surface area contributed by atoms with E-state index in [1.54, 1.807) is 6.92 Å². The largest absolute Gasteiger partial charge is 0.478 e. The van der Waals surface area contributed by atoms with Crippen LogP contribution in [0.1, 0.15) is 35.0 Å². The van der Waals surface area contributed by atoms with Gasteiger partial charge in [-0.2, -0.15) is 0 Å². The molecule has 0 aliphatic rings. The third-order valence-corrected chi connectivity index (χ3v) is 3.02. The number of aromatic nitrogens is 2. The molecule has 0 saturated carbocycles. The van der Waals surface area contributed by atoms with Gasteiger partial charge in [0.25, 0.3) is 0 Å². The summed E-state index contributed by atoms with van der Waals surface area (Å²) in [4.78, 5) is 19.4. The maximum atomic E-state index is 11.3. The van der Waals surface area contributed by atoms with Crippen LogP contribution in [0.3, 0.4) is 0 Å². The minimum absolute atomic E-state index is 0.172. The van der Waals surface area contributed by atoms with Crippen LogP contribution in [0.2, 0.25) is 0 Å². The van der Waals surface area contributed by atoms with Crippen LogP contribution in [-0.2, 0) is 6.42 Å². The van der Waals surface area contributed by atoms with Gasteiger partial charge in [0.1, 0.15) is 11.9 Å². The molecule has 0 aliphatic carbocycles. The number of carboxylic acids is 1. The van der Waals surface area contributed by atoms with Crippen molar-refractivity contribution in [1.82, 2.24) is 9.97 Å². The van der Waals surface area contributed by atoms with Crippen molar-refractivity contribution in [2.24, 2.45) is 0 Å². The van der Waals surface area contributed by atoms with Crippen molar-refractivity contribution >= 4 is 5.97 Å². The highest BCUT2D eigenvalue weighted by atomic mass is 16.4. The lowest BCUT2D eigenvalue weighted by atomic mass is 10.0. The monoisotopic (exact) mass is 256 g/mol. The van der Waals surface area contributed by atoms with Gasteiger partial charge in [0.05, 0.1) is 11.4 Å². The zero-order chi connectivity index (χ0) is 13.8. The smallest absolute Gasteiger partial charge is 0.339 e. The van der Waals surface area contributed by atoms with E-state index in [0.717, 1.165) is 18.4 Å². The van der Waals surface area contributed by atoms with Crippen LogP contribution in [0.25, 0.3) is 11.3 Å². The molecular formula is C15H16N2O2. The van der Waals surface area contributed by atoms with Gasteiger partial charge in [0.15, 0.2) is 0 Å². The molecule has 4 heteroatoms. The molecule has 1 aromatic carbocycles. The van der Waals surface area contributed by atoms with Crippen LogP contribution in [0.15, 0.2) is 30.6 Å². The van der Waals surface area contributed by atoms with Gasteiger partial charge in [-0.05, 0) is 18.9 Å². The quantitative estimate of drug-likeness (QED) is 0.913. The number of benzene rings is 1. The number of nitrogens with zero attached hydrogens (tertiary/aromatic N) is 2. The number of rotatable bonds is 4. The van der Waals surface area contributed by atoms with E-state index in [4.69, 9.17) is 0 Å². The molecule has 0 atom stereocenters. The molecule has 1 aromatic heterocycles. The molecule has 2 rings (SSSR count). The van der Waals surface area contributed by atoms with Crippen molar-refractivity contribution in [2.45, 2.75) is 26.7 Å². The lowest BCUT2D eigenvalue weighted by molar-refractivity contribution is 0.0696. The highest BCUT2D eigenvalue weighted by Gasteiger charge is 2.16. The zero-order valence-corrected chi connectivity index (χ0v) is 11.1. The lowest BCUT2D eigenvalue weighted by Gasteiger charge is -2.08. The van der Waals surface area contributed by atoms with E-state index >= 15 is 0 Å². The topological polar surface area (TPSA) is 63.1 Å². The molecule has 19 heavy (non-hydrogen) atoms. The minimum Gasteiger partial charge on any atom is -0.478 e. The predicted molar refractivity (Wildman–Crippen MR) is 73.2 cm³/mol. The summed E-state index contributed by atoms with van der Waals surface area (Å²) in [5.41, 5.74) is 3.18. The second-order valence-electron chi connectivity index (χ2n) is 4.43. The van der Waals surface area contributed by atoms with Gasteiger partial charge in [0, 0.05) is 5.56 Å². The molecule has 0 amide bonds. The first-order valence-electron chi connectivity index (χ1n) is 6.27. The Morgan fingerprint density at radius 3 is 2.47 bits per heavy atom. The molecule has 2 aromatic rings. The Morgan fingerprint density at radius 1 is 1.21 bits per heavy atom. The number of hydrogen-bond acceptors (Lipinski definition) is 3. The first-order chi connectivity index (χ1) is 9.13. The van der Waals surface area contributed by atoms with Crippen LogP contribution in [-0.4, -0.2) is 21.0 Å². The Morgan fingerprint density at radius 2 is 1.89 bits per heavy atom. The van der Waals surface area contributed by atoms with E-state index in [9.17, 15) is 9.90 Å². The molecular weight excluding hydrogens is 240 g/mol. The first kappa shape index (κ1) is 13.2. The molecule has 0 bridgehead atoms. The first-order valence-corrected chi connectivity index (χ1v) is 6.27. The number of carbonyl (C=O) groups is 1. The molecule has 0 unspecified atom stereocenters.